The SMILES string of the molecule is COc1cc(-c2nnc(-c3cccc(C(=O)O)c3)o2)ccc1[N+](=O)[O-]. The first-order valence-electron chi connectivity index (χ1n) is 6.99. The molecule has 2 aromatic carbocycles. The first-order valence-corrected chi connectivity index (χ1v) is 6.99. The van der Waals surface area contributed by atoms with E-state index in [1.54, 1.807) is 12.1 Å². The summed E-state index contributed by atoms with van der Waals surface area (Å²) >= 11 is 0. The third kappa shape index (κ3) is 3.15. The van der Waals surface area contributed by atoms with Gasteiger partial charge in [0.1, 0.15) is 0 Å². The van der Waals surface area contributed by atoms with Crippen LogP contribution in [0.4, 0.5) is 5.69 Å². The van der Waals surface area contributed by atoms with Crippen LogP contribution in [0.5, 0.6) is 5.75 Å². The van der Waals surface area contributed by atoms with Crippen LogP contribution in [0, 0.1) is 10.1 Å². The van der Waals surface area contributed by atoms with Gasteiger partial charge in [-0.1, -0.05) is 6.07 Å². The summed E-state index contributed by atoms with van der Waals surface area (Å²) in [7, 11) is 1.32. The average molecular weight is 341 g/mol. The largest absolute Gasteiger partial charge is 0.490 e. The van der Waals surface area contributed by atoms with E-state index in [4.69, 9.17) is 14.3 Å². The van der Waals surface area contributed by atoms with Gasteiger partial charge in [0.2, 0.25) is 11.8 Å². The van der Waals surface area contributed by atoms with Crippen molar-refractivity contribution in [3.63, 3.8) is 0 Å². The molecule has 0 aliphatic carbocycles. The summed E-state index contributed by atoms with van der Waals surface area (Å²) in [6.45, 7) is 0. The number of benzene rings is 2. The van der Waals surface area contributed by atoms with Gasteiger partial charge < -0.3 is 14.3 Å². The van der Waals surface area contributed by atoms with Crippen LogP contribution in [0.25, 0.3) is 22.9 Å². The molecule has 0 saturated carbocycles. The standard InChI is InChI=1S/C16H11N3O6/c1-24-13-8-10(5-6-12(13)19(22)23)15-18-17-14(25-15)9-3-2-4-11(7-9)16(20)21/h2-8H,1H3,(H,20,21). The van der Waals surface area contributed by atoms with Gasteiger partial charge >= 0.3 is 11.7 Å². The summed E-state index contributed by atoms with van der Waals surface area (Å²) in [5.74, 6) is -0.740. The number of nitro benzene ring substituents is 1. The minimum Gasteiger partial charge on any atom is -0.490 e. The maximum atomic E-state index is 11.0. The number of ether oxygens (including phenoxy) is 1. The van der Waals surface area contributed by atoms with Crippen LogP contribution < -0.4 is 4.74 Å². The molecule has 1 N–H and O–H groups in total. The van der Waals surface area contributed by atoms with Crippen molar-refractivity contribution in [1.29, 1.82) is 0 Å². The molecule has 3 aromatic rings. The van der Waals surface area contributed by atoms with Crippen molar-refractivity contribution in [1.82, 2.24) is 10.2 Å². The highest BCUT2D eigenvalue weighted by molar-refractivity contribution is 5.89. The van der Waals surface area contributed by atoms with Gasteiger partial charge in [-0.3, -0.25) is 10.1 Å². The van der Waals surface area contributed by atoms with Crippen LogP contribution in [0.2, 0.25) is 0 Å². The molecule has 1 aromatic heterocycles. The number of carbonyl (C=O) groups is 1. The number of nitrogens with zero attached hydrogens (tertiary/aromatic N) is 3. The number of nitro groups is 1. The lowest BCUT2D eigenvalue weighted by Crippen LogP contribution is -1.95. The van der Waals surface area contributed by atoms with Crippen molar-refractivity contribution in [3.8, 4) is 28.7 Å². The van der Waals surface area contributed by atoms with E-state index in [0.717, 1.165) is 0 Å². The normalized spacial score (nSPS) is 10.4. The molecule has 0 aliphatic heterocycles. The summed E-state index contributed by atoms with van der Waals surface area (Å²) in [6.07, 6.45) is 0. The maximum Gasteiger partial charge on any atom is 0.335 e. The number of aromatic carboxylic acids is 1. The lowest BCUT2D eigenvalue weighted by atomic mass is 10.1. The Labute approximate surface area is 140 Å². The Balaban J connectivity index is 1.98. The molecule has 0 aliphatic rings. The number of carboxylic acid groups (broad SMARTS) is 1. The minimum atomic E-state index is -1.07. The average Bonchev–Trinajstić information content (AvgIpc) is 3.11. The van der Waals surface area contributed by atoms with Gasteiger partial charge in [-0.15, -0.1) is 10.2 Å². The molecule has 0 atom stereocenters. The highest BCUT2D eigenvalue weighted by atomic mass is 16.6. The fraction of sp³-hybridized carbons (Fsp3) is 0.0625. The van der Waals surface area contributed by atoms with E-state index in [2.05, 4.69) is 10.2 Å². The molecule has 0 spiro atoms. The van der Waals surface area contributed by atoms with Gasteiger partial charge in [-0.25, -0.2) is 4.79 Å². The molecule has 126 valence electrons. The van der Waals surface area contributed by atoms with Gasteiger partial charge in [-0.05, 0) is 24.3 Å². The number of hydrogen-bond acceptors (Lipinski definition) is 7. The zero-order valence-electron chi connectivity index (χ0n) is 12.9. The zero-order chi connectivity index (χ0) is 18.0. The topological polar surface area (TPSA) is 129 Å². The molecule has 0 fully saturated rings. The Kier molecular flexibility index (Phi) is 4.12. The van der Waals surface area contributed by atoms with E-state index in [1.165, 1.54) is 37.4 Å². The van der Waals surface area contributed by atoms with Crippen LogP contribution in [-0.4, -0.2) is 33.3 Å². The summed E-state index contributed by atoms with van der Waals surface area (Å²) in [5.41, 5.74) is 0.803. The number of methoxy groups -OCH3 is 1. The Hall–Kier alpha value is -3.75. The molecular formula is C16H11N3O6. The van der Waals surface area contributed by atoms with Crippen molar-refractivity contribution < 1.29 is 24.0 Å². The Bertz CT molecular complexity index is 966. The quantitative estimate of drug-likeness (QED) is 0.554. The summed E-state index contributed by atoms with van der Waals surface area (Å²) in [5, 5.41) is 27.8. The second kappa shape index (κ2) is 6.40. The summed E-state index contributed by atoms with van der Waals surface area (Å²) in [4.78, 5) is 21.4. The van der Waals surface area contributed by atoms with Gasteiger partial charge in [0.15, 0.2) is 5.75 Å². The van der Waals surface area contributed by atoms with E-state index < -0.39 is 10.9 Å². The minimum absolute atomic E-state index is 0.0649. The highest BCUT2D eigenvalue weighted by Crippen LogP contribution is 2.32. The Morgan fingerprint density at radius 2 is 1.84 bits per heavy atom. The molecule has 3 rings (SSSR count). The van der Waals surface area contributed by atoms with Crippen molar-refractivity contribution in [3.05, 3.63) is 58.1 Å². The van der Waals surface area contributed by atoms with Crippen molar-refractivity contribution in [2.75, 3.05) is 7.11 Å². The van der Waals surface area contributed by atoms with Gasteiger partial charge in [0.05, 0.1) is 17.6 Å². The lowest BCUT2D eigenvalue weighted by Gasteiger charge is -2.02. The molecule has 0 amide bonds. The van der Waals surface area contributed by atoms with Crippen LogP contribution in [0.15, 0.2) is 46.9 Å². The van der Waals surface area contributed by atoms with E-state index in [0.29, 0.717) is 11.1 Å². The zero-order valence-corrected chi connectivity index (χ0v) is 12.9. The predicted molar refractivity (Wildman–Crippen MR) is 85.3 cm³/mol. The molecule has 0 saturated heterocycles. The maximum absolute atomic E-state index is 11.0. The Morgan fingerprint density at radius 1 is 1.16 bits per heavy atom. The molecule has 25 heavy (non-hydrogen) atoms. The first kappa shape index (κ1) is 16.1. The number of hydrogen-bond donors (Lipinski definition) is 1. The molecule has 0 unspecified atom stereocenters. The van der Waals surface area contributed by atoms with Crippen molar-refractivity contribution >= 4 is 11.7 Å². The number of rotatable bonds is 5. The van der Waals surface area contributed by atoms with Crippen LogP contribution >= 0.6 is 0 Å². The Morgan fingerprint density at radius 3 is 2.44 bits per heavy atom. The fourth-order valence-electron chi connectivity index (χ4n) is 2.20. The van der Waals surface area contributed by atoms with E-state index in [-0.39, 0.29) is 28.8 Å². The predicted octanol–water partition coefficient (Wildman–Crippen LogP) is 3.02. The molecule has 9 heteroatoms. The second-order valence-corrected chi connectivity index (χ2v) is 4.94. The van der Waals surface area contributed by atoms with Gasteiger partial charge in [0.25, 0.3) is 0 Å². The van der Waals surface area contributed by atoms with E-state index in [1.807, 2.05) is 0 Å². The molecule has 1 heterocycles. The van der Waals surface area contributed by atoms with E-state index in [9.17, 15) is 14.9 Å². The van der Waals surface area contributed by atoms with Crippen LogP contribution in [0.3, 0.4) is 0 Å². The van der Waals surface area contributed by atoms with Gasteiger partial charge in [0, 0.05) is 23.3 Å². The smallest absolute Gasteiger partial charge is 0.335 e. The molecule has 0 radical (unpaired) electrons. The first-order chi connectivity index (χ1) is 12.0. The van der Waals surface area contributed by atoms with E-state index >= 15 is 0 Å². The number of aromatic nitrogens is 2. The van der Waals surface area contributed by atoms with Crippen molar-refractivity contribution in [2.24, 2.45) is 0 Å². The summed E-state index contributed by atoms with van der Waals surface area (Å²) < 4.78 is 10.6. The van der Waals surface area contributed by atoms with Crippen LogP contribution in [0.1, 0.15) is 10.4 Å². The second-order valence-electron chi connectivity index (χ2n) is 4.94. The number of carboxylic acids is 1. The molecular weight excluding hydrogens is 330 g/mol. The van der Waals surface area contributed by atoms with Gasteiger partial charge in [-0.2, -0.15) is 0 Å². The lowest BCUT2D eigenvalue weighted by molar-refractivity contribution is -0.385. The highest BCUT2D eigenvalue weighted by Gasteiger charge is 2.18. The fourth-order valence-corrected chi connectivity index (χ4v) is 2.20. The third-order valence-electron chi connectivity index (χ3n) is 3.40. The third-order valence-corrected chi connectivity index (χ3v) is 3.40. The monoisotopic (exact) mass is 341 g/mol. The molecule has 0 bridgehead atoms. The molecule has 9 nitrogen and oxygen atoms in total. The van der Waals surface area contributed by atoms with Crippen LogP contribution in [-0.2, 0) is 0 Å². The summed E-state index contributed by atoms with van der Waals surface area (Å²) in [6, 6.07) is 10.2. The van der Waals surface area contributed by atoms with Crippen molar-refractivity contribution in [2.45, 2.75) is 0 Å².